The number of ether oxygens (including phenoxy) is 1. The lowest BCUT2D eigenvalue weighted by Gasteiger charge is -2.24. The van der Waals surface area contributed by atoms with E-state index in [1.807, 2.05) is 0 Å². The number of likely N-dealkylation sites (tertiary alicyclic amines) is 1. The van der Waals surface area contributed by atoms with E-state index < -0.39 is 9.84 Å². The second-order valence-electron chi connectivity index (χ2n) is 5.21. The van der Waals surface area contributed by atoms with Crippen LogP contribution in [0.5, 0.6) is 0 Å². The van der Waals surface area contributed by atoms with E-state index in [-0.39, 0.29) is 24.2 Å². The molecule has 6 nitrogen and oxygen atoms in total. The molecule has 2 aliphatic rings. The van der Waals surface area contributed by atoms with Gasteiger partial charge >= 0.3 is 0 Å². The molecule has 2 fully saturated rings. The molecule has 7 heteroatoms. The number of rotatable bonds is 2. The zero-order chi connectivity index (χ0) is 13.7. The largest absolute Gasteiger partial charge is 0.374 e. The van der Waals surface area contributed by atoms with E-state index in [1.165, 1.54) is 12.8 Å². The van der Waals surface area contributed by atoms with E-state index in [9.17, 15) is 8.42 Å². The fourth-order valence-corrected chi connectivity index (χ4v) is 3.74. The molecule has 0 spiro atoms. The average Bonchev–Trinajstić information content (AvgIpc) is 2.63. The van der Waals surface area contributed by atoms with Gasteiger partial charge in [-0.1, -0.05) is 12.8 Å². The van der Waals surface area contributed by atoms with Gasteiger partial charge in [0.25, 0.3) is 0 Å². The first-order valence-corrected chi connectivity index (χ1v) is 8.76. The molecule has 2 rings (SSSR count). The lowest BCUT2D eigenvalue weighted by molar-refractivity contribution is 0.0781. The predicted molar refractivity (Wildman–Crippen MR) is 74.9 cm³/mol. The standard InChI is InChI=1S/C12H23N3O3S/c13-12(15-5-3-1-2-4-6-15)14-9-11-10-19(16,17)8-7-18-11/h11H,1-10H2,(H2,13,14). The highest BCUT2D eigenvalue weighted by molar-refractivity contribution is 7.91. The zero-order valence-corrected chi connectivity index (χ0v) is 12.1. The van der Waals surface area contributed by atoms with Crippen molar-refractivity contribution in [1.29, 1.82) is 0 Å². The molecule has 0 saturated carbocycles. The van der Waals surface area contributed by atoms with E-state index in [1.54, 1.807) is 0 Å². The highest BCUT2D eigenvalue weighted by Crippen LogP contribution is 2.10. The van der Waals surface area contributed by atoms with Gasteiger partial charge < -0.3 is 15.4 Å². The third-order valence-corrected chi connectivity index (χ3v) is 5.24. The van der Waals surface area contributed by atoms with E-state index in [0.717, 1.165) is 25.9 Å². The van der Waals surface area contributed by atoms with Crippen molar-refractivity contribution >= 4 is 15.8 Å². The van der Waals surface area contributed by atoms with Crippen LogP contribution in [0.3, 0.4) is 0 Å². The number of hydrogen-bond donors (Lipinski definition) is 1. The molecule has 1 unspecified atom stereocenters. The van der Waals surface area contributed by atoms with Gasteiger partial charge in [0.05, 0.1) is 30.8 Å². The third kappa shape index (κ3) is 4.65. The summed E-state index contributed by atoms with van der Waals surface area (Å²) in [7, 11) is -2.96. The van der Waals surface area contributed by atoms with E-state index >= 15 is 0 Å². The molecule has 0 aromatic rings. The minimum Gasteiger partial charge on any atom is -0.374 e. The summed E-state index contributed by atoms with van der Waals surface area (Å²) in [5, 5.41) is 0. The fraction of sp³-hybridized carbons (Fsp3) is 0.917. The summed E-state index contributed by atoms with van der Waals surface area (Å²) in [4.78, 5) is 6.40. The number of nitrogens with two attached hydrogens (primary N) is 1. The van der Waals surface area contributed by atoms with E-state index in [2.05, 4.69) is 9.89 Å². The Balaban J connectivity index is 1.86. The van der Waals surface area contributed by atoms with Crippen molar-refractivity contribution in [2.45, 2.75) is 31.8 Å². The summed E-state index contributed by atoms with van der Waals surface area (Å²) >= 11 is 0. The maximum absolute atomic E-state index is 11.5. The highest BCUT2D eigenvalue weighted by atomic mass is 32.2. The van der Waals surface area contributed by atoms with E-state index in [4.69, 9.17) is 10.5 Å². The fourth-order valence-electron chi connectivity index (χ4n) is 2.46. The predicted octanol–water partition coefficient (Wildman–Crippen LogP) is -0.00930. The van der Waals surface area contributed by atoms with Crippen molar-refractivity contribution in [1.82, 2.24) is 4.90 Å². The molecule has 0 amide bonds. The molecule has 0 bridgehead atoms. The molecule has 110 valence electrons. The number of sulfone groups is 1. The summed E-state index contributed by atoms with van der Waals surface area (Å²) in [6.07, 6.45) is 4.43. The average molecular weight is 289 g/mol. The smallest absolute Gasteiger partial charge is 0.191 e. The van der Waals surface area contributed by atoms with Gasteiger partial charge in [0.1, 0.15) is 0 Å². The topological polar surface area (TPSA) is 85.0 Å². The molecular formula is C12H23N3O3S. The van der Waals surface area contributed by atoms with Crippen LogP contribution in [0.25, 0.3) is 0 Å². The van der Waals surface area contributed by atoms with Gasteiger partial charge in [0, 0.05) is 13.1 Å². The quantitative estimate of drug-likeness (QED) is 0.571. The Morgan fingerprint density at radius 1 is 1.26 bits per heavy atom. The Morgan fingerprint density at radius 2 is 1.95 bits per heavy atom. The van der Waals surface area contributed by atoms with Crippen LogP contribution in [0.1, 0.15) is 25.7 Å². The minimum atomic E-state index is -2.96. The number of aliphatic imine (C=N–C) groups is 1. The highest BCUT2D eigenvalue weighted by Gasteiger charge is 2.25. The van der Waals surface area contributed by atoms with Crippen molar-refractivity contribution in [2.75, 3.05) is 37.7 Å². The summed E-state index contributed by atoms with van der Waals surface area (Å²) in [5.74, 6) is 0.701. The van der Waals surface area contributed by atoms with Gasteiger partial charge in [-0.15, -0.1) is 0 Å². The maximum Gasteiger partial charge on any atom is 0.191 e. The Bertz CT molecular complexity index is 414. The number of nitrogens with zero attached hydrogens (tertiary/aromatic N) is 2. The van der Waals surface area contributed by atoms with Gasteiger partial charge in [-0.2, -0.15) is 0 Å². The molecule has 2 saturated heterocycles. The molecule has 19 heavy (non-hydrogen) atoms. The monoisotopic (exact) mass is 289 g/mol. The molecule has 2 N–H and O–H groups in total. The molecular weight excluding hydrogens is 266 g/mol. The van der Waals surface area contributed by atoms with Crippen molar-refractivity contribution in [3.63, 3.8) is 0 Å². The molecule has 0 aromatic carbocycles. The van der Waals surface area contributed by atoms with Gasteiger partial charge in [-0.25, -0.2) is 8.42 Å². The van der Waals surface area contributed by atoms with Gasteiger partial charge in [-0.3, -0.25) is 4.99 Å². The van der Waals surface area contributed by atoms with Crippen molar-refractivity contribution in [3.05, 3.63) is 0 Å². The summed E-state index contributed by atoms with van der Waals surface area (Å²) in [5.41, 5.74) is 5.97. The molecule has 0 radical (unpaired) electrons. The molecule has 0 aliphatic carbocycles. The number of hydrogen-bond acceptors (Lipinski definition) is 4. The normalized spacial score (nSPS) is 28.9. The minimum absolute atomic E-state index is 0.0593. The van der Waals surface area contributed by atoms with Crippen LogP contribution < -0.4 is 5.73 Å². The van der Waals surface area contributed by atoms with Crippen LogP contribution in [-0.4, -0.2) is 63.1 Å². The molecule has 1 atom stereocenters. The lowest BCUT2D eigenvalue weighted by atomic mass is 10.2. The first-order chi connectivity index (χ1) is 9.07. The summed E-state index contributed by atoms with van der Waals surface area (Å²) in [6, 6.07) is 0. The van der Waals surface area contributed by atoms with Gasteiger partial charge in [0.2, 0.25) is 0 Å². The van der Waals surface area contributed by atoms with Crippen molar-refractivity contribution < 1.29 is 13.2 Å². The van der Waals surface area contributed by atoms with E-state index in [0.29, 0.717) is 12.5 Å². The van der Waals surface area contributed by atoms with Gasteiger partial charge in [-0.05, 0) is 12.8 Å². The van der Waals surface area contributed by atoms with Gasteiger partial charge in [0.15, 0.2) is 15.8 Å². The zero-order valence-electron chi connectivity index (χ0n) is 11.3. The van der Waals surface area contributed by atoms with Crippen molar-refractivity contribution in [2.24, 2.45) is 10.7 Å². The Hall–Kier alpha value is -0.820. The Labute approximate surface area is 114 Å². The maximum atomic E-state index is 11.5. The first-order valence-electron chi connectivity index (χ1n) is 6.94. The van der Waals surface area contributed by atoms with Crippen LogP contribution in [0, 0.1) is 0 Å². The molecule has 2 heterocycles. The SMILES string of the molecule is NC(=NCC1CS(=O)(=O)CCO1)N1CCCCCC1. The Kier molecular flexibility index (Phi) is 5.04. The van der Waals surface area contributed by atoms with Crippen LogP contribution in [-0.2, 0) is 14.6 Å². The van der Waals surface area contributed by atoms with Crippen LogP contribution in [0.15, 0.2) is 4.99 Å². The van der Waals surface area contributed by atoms with Crippen LogP contribution in [0.2, 0.25) is 0 Å². The lowest BCUT2D eigenvalue weighted by Crippen LogP contribution is -2.40. The summed E-state index contributed by atoms with van der Waals surface area (Å²) in [6.45, 7) is 2.49. The second kappa shape index (κ2) is 6.56. The third-order valence-electron chi connectivity index (χ3n) is 3.57. The summed E-state index contributed by atoms with van der Waals surface area (Å²) < 4.78 is 28.4. The molecule has 0 aromatic heterocycles. The Morgan fingerprint density at radius 3 is 2.58 bits per heavy atom. The van der Waals surface area contributed by atoms with Crippen molar-refractivity contribution in [3.8, 4) is 0 Å². The van der Waals surface area contributed by atoms with Crippen LogP contribution in [0.4, 0.5) is 0 Å². The molecule has 2 aliphatic heterocycles. The van der Waals surface area contributed by atoms with Crippen LogP contribution >= 0.6 is 0 Å². The number of guanidine groups is 1. The second-order valence-corrected chi connectivity index (χ2v) is 7.44. The first kappa shape index (κ1) is 14.6.